The number of hydrogen-bond donors (Lipinski definition) is 1. The number of methoxy groups -OCH3 is 1. The van der Waals surface area contributed by atoms with Crippen LogP contribution in [0.3, 0.4) is 0 Å². The summed E-state index contributed by atoms with van der Waals surface area (Å²) < 4.78 is 5.34. The van der Waals surface area contributed by atoms with E-state index in [2.05, 4.69) is 0 Å². The van der Waals surface area contributed by atoms with Crippen molar-refractivity contribution in [1.82, 2.24) is 4.90 Å². The summed E-state index contributed by atoms with van der Waals surface area (Å²) in [6.45, 7) is 0.346. The summed E-state index contributed by atoms with van der Waals surface area (Å²) in [4.78, 5) is 24.3. The number of aliphatic carboxylic acids is 1. The zero-order valence-corrected chi connectivity index (χ0v) is 9.39. The number of ether oxygens (including phenoxy) is 1. The molecule has 1 aliphatic carbocycles. The molecule has 1 saturated heterocycles. The number of rotatable bonds is 3. The molecule has 2 fully saturated rings. The molecule has 0 spiro atoms. The predicted molar refractivity (Wildman–Crippen MR) is 55.9 cm³/mol. The molecular formula is C11H17NO4. The second-order valence-corrected chi connectivity index (χ2v) is 4.56. The van der Waals surface area contributed by atoms with Crippen LogP contribution in [-0.4, -0.2) is 47.7 Å². The predicted octanol–water partition coefficient (Wildman–Crippen LogP) is 0.487. The lowest BCUT2D eigenvalue weighted by molar-refractivity contribution is -0.141. The molecule has 5 heteroatoms. The van der Waals surface area contributed by atoms with Gasteiger partial charge < -0.3 is 14.7 Å². The molecule has 0 aromatic carbocycles. The van der Waals surface area contributed by atoms with Crippen molar-refractivity contribution in [2.45, 2.75) is 37.8 Å². The average molecular weight is 227 g/mol. The summed E-state index contributed by atoms with van der Waals surface area (Å²) in [6.07, 6.45) is 3.16. The van der Waals surface area contributed by atoms with Crippen LogP contribution in [0.4, 0.5) is 0 Å². The summed E-state index contributed by atoms with van der Waals surface area (Å²) in [6, 6.07) is 0.0850. The van der Waals surface area contributed by atoms with Crippen LogP contribution in [0.5, 0.6) is 0 Å². The van der Waals surface area contributed by atoms with Crippen molar-refractivity contribution in [2.24, 2.45) is 5.92 Å². The van der Waals surface area contributed by atoms with E-state index in [0.29, 0.717) is 6.54 Å². The minimum absolute atomic E-state index is 0.0404. The van der Waals surface area contributed by atoms with E-state index in [0.717, 1.165) is 19.3 Å². The summed E-state index contributed by atoms with van der Waals surface area (Å²) in [5, 5.41) is 8.90. The Morgan fingerprint density at radius 1 is 1.50 bits per heavy atom. The van der Waals surface area contributed by atoms with Gasteiger partial charge in [0.2, 0.25) is 5.91 Å². The number of hydrogen-bond acceptors (Lipinski definition) is 3. The van der Waals surface area contributed by atoms with E-state index < -0.39 is 11.9 Å². The van der Waals surface area contributed by atoms with Crippen LogP contribution in [0, 0.1) is 5.92 Å². The van der Waals surface area contributed by atoms with E-state index >= 15 is 0 Å². The molecule has 3 unspecified atom stereocenters. The third kappa shape index (κ3) is 1.91. The van der Waals surface area contributed by atoms with Crippen molar-refractivity contribution in [3.63, 3.8) is 0 Å². The Balaban J connectivity index is 2.04. The zero-order valence-electron chi connectivity index (χ0n) is 9.39. The molecule has 90 valence electrons. The van der Waals surface area contributed by atoms with Gasteiger partial charge >= 0.3 is 5.97 Å². The minimum Gasteiger partial charge on any atom is -0.481 e. The molecular weight excluding hydrogens is 210 g/mol. The highest BCUT2D eigenvalue weighted by atomic mass is 16.5. The summed E-state index contributed by atoms with van der Waals surface area (Å²) >= 11 is 0. The highest BCUT2D eigenvalue weighted by molar-refractivity contribution is 5.86. The van der Waals surface area contributed by atoms with Gasteiger partial charge in [-0.25, -0.2) is 0 Å². The summed E-state index contributed by atoms with van der Waals surface area (Å²) in [5.41, 5.74) is 0. The van der Waals surface area contributed by atoms with Crippen LogP contribution in [0.1, 0.15) is 25.7 Å². The first-order valence-corrected chi connectivity index (χ1v) is 5.68. The van der Waals surface area contributed by atoms with Crippen molar-refractivity contribution in [3.05, 3.63) is 0 Å². The van der Waals surface area contributed by atoms with E-state index in [1.807, 2.05) is 0 Å². The number of nitrogens with zero attached hydrogens (tertiary/aromatic N) is 1. The molecule has 2 rings (SSSR count). The molecule has 0 radical (unpaired) electrons. The van der Waals surface area contributed by atoms with Crippen LogP contribution in [0.2, 0.25) is 0 Å². The van der Waals surface area contributed by atoms with Crippen molar-refractivity contribution in [3.8, 4) is 0 Å². The van der Waals surface area contributed by atoms with Gasteiger partial charge in [0.15, 0.2) is 0 Å². The van der Waals surface area contributed by atoms with Crippen molar-refractivity contribution in [1.29, 1.82) is 0 Å². The molecule has 1 amide bonds. The van der Waals surface area contributed by atoms with E-state index in [-0.39, 0.29) is 24.5 Å². The molecule has 0 bridgehead atoms. The summed E-state index contributed by atoms with van der Waals surface area (Å²) in [5.74, 6) is -1.45. The SMILES string of the molecule is COC1CCCC1N1CC(C(=O)O)CC1=O. The monoisotopic (exact) mass is 227 g/mol. The second kappa shape index (κ2) is 4.41. The van der Waals surface area contributed by atoms with Gasteiger partial charge in [0.05, 0.1) is 18.1 Å². The maximum Gasteiger partial charge on any atom is 0.308 e. The fraction of sp³-hybridized carbons (Fsp3) is 0.818. The first-order chi connectivity index (χ1) is 7.63. The molecule has 1 saturated carbocycles. The molecule has 0 aromatic rings. The highest BCUT2D eigenvalue weighted by Gasteiger charge is 2.42. The van der Waals surface area contributed by atoms with Gasteiger partial charge in [0.25, 0.3) is 0 Å². The average Bonchev–Trinajstić information content (AvgIpc) is 2.82. The Hall–Kier alpha value is -1.10. The van der Waals surface area contributed by atoms with Crippen molar-refractivity contribution >= 4 is 11.9 Å². The Morgan fingerprint density at radius 2 is 2.25 bits per heavy atom. The third-order valence-corrected chi connectivity index (χ3v) is 3.63. The maximum atomic E-state index is 11.7. The Morgan fingerprint density at radius 3 is 2.81 bits per heavy atom. The van der Waals surface area contributed by atoms with Crippen LogP contribution >= 0.6 is 0 Å². The zero-order chi connectivity index (χ0) is 11.7. The first-order valence-electron chi connectivity index (χ1n) is 5.68. The fourth-order valence-corrected chi connectivity index (χ4v) is 2.76. The Bertz CT molecular complexity index is 304. The standard InChI is InChI=1S/C11H17NO4/c1-16-9-4-2-3-8(9)12-6-7(11(14)15)5-10(12)13/h7-9H,2-6H2,1H3,(H,14,15). The Labute approximate surface area is 94.4 Å². The molecule has 5 nitrogen and oxygen atoms in total. The van der Waals surface area contributed by atoms with Crippen molar-refractivity contribution < 1.29 is 19.4 Å². The second-order valence-electron chi connectivity index (χ2n) is 4.56. The molecule has 1 N–H and O–H groups in total. The normalized spacial score (nSPS) is 34.7. The van der Waals surface area contributed by atoms with Gasteiger partial charge in [-0.1, -0.05) is 0 Å². The number of carboxylic acids is 1. The minimum atomic E-state index is -0.872. The quantitative estimate of drug-likeness (QED) is 0.761. The smallest absolute Gasteiger partial charge is 0.308 e. The maximum absolute atomic E-state index is 11.7. The van der Waals surface area contributed by atoms with E-state index in [1.54, 1.807) is 12.0 Å². The molecule has 2 aliphatic rings. The van der Waals surface area contributed by atoms with E-state index in [9.17, 15) is 9.59 Å². The topological polar surface area (TPSA) is 66.8 Å². The van der Waals surface area contributed by atoms with Gasteiger partial charge in [-0.2, -0.15) is 0 Å². The van der Waals surface area contributed by atoms with Gasteiger partial charge in [-0.05, 0) is 19.3 Å². The lowest BCUT2D eigenvalue weighted by atomic mass is 10.1. The van der Waals surface area contributed by atoms with Gasteiger partial charge in [0, 0.05) is 20.1 Å². The lowest BCUT2D eigenvalue weighted by Gasteiger charge is -2.28. The molecule has 16 heavy (non-hydrogen) atoms. The van der Waals surface area contributed by atoms with Crippen LogP contribution in [-0.2, 0) is 14.3 Å². The van der Waals surface area contributed by atoms with Crippen LogP contribution in [0.15, 0.2) is 0 Å². The first kappa shape index (κ1) is 11.4. The molecule has 0 aromatic heterocycles. The fourth-order valence-electron chi connectivity index (χ4n) is 2.76. The third-order valence-electron chi connectivity index (χ3n) is 3.63. The van der Waals surface area contributed by atoms with Gasteiger partial charge in [-0.3, -0.25) is 9.59 Å². The lowest BCUT2D eigenvalue weighted by Crippen LogP contribution is -2.42. The number of likely N-dealkylation sites (tertiary alicyclic amines) is 1. The number of carbonyl (C=O) groups is 2. The van der Waals surface area contributed by atoms with Crippen LogP contribution < -0.4 is 0 Å². The van der Waals surface area contributed by atoms with Crippen LogP contribution in [0.25, 0.3) is 0 Å². The Kier molecular flexibility index (Phi) is 3.14. The number of carbonyl (C=O) groups excluding carboxylic acids is 1. The van der Waals surface area contributed by atoms with Crippen molar-refractivity contribution in [2.75, 3.05) is 13.7 Å². The summed E-state index contributed by atoms with van der Waals surface area (Å²) in [7, 11) is 1.65. The molecule has 1 aliphatic heterocycles. The van der Waals surface area contributed by atoms with Gasteiger partial charge in [-0.15, -0.1) is 0 Å². The highest BCUT2D eigenvalue weighted by Crippen LogP contribution is 2.31. The molecule has 1 heterocycles. The van der Waals surface area contributed by atoms with E-state index in [1.165, 1.54) is 0 Å². The van der Waals surface area contributed by atoms with E-state index in [4.69, 9.17) is 9.84 Å². The molecule has 3 atom stereocenters. The van der Waals surface area contributed by atoms with Gasteiger partial charge in [0.1, 0.15) is 0 Å². The largest absolute Gasteiger partial charge is 0.481 e. The number of carboxylic acid groups (broad SMARTS) is 1. The number of amides is 1.